The molecule has 0 amide bonds. The monoisotopic (exact) mass is 839 g/mol. The van der Waals surface area contributed by atoms with Gasteiger partial charge in [-0.2, -0.15) is 29.9 Å². The minimum atomic E-state index is -0.919. The molecular weight excluding hydrogens is 769 g/mol. The Kier molecular flexibility index (Phi) is 16.8. The molecular formula is C42H70N12O6. The molecule has 0 aliphatic carbocycles. The number of hydrogen-bond donors (Lipinski definition) is 6. The molecule has 2 fully saturated rings. The Hall–Kier alpha value is -4.84. The molecule has 18 nitrogen and oxygen atoms in total. The van der Waals surface area contributed by atoms with Crippen LogP contribution in [0.1, 0.15) is 120 Å². The quantitative estimate of drug-likeness (QED) is 0.0540. The van der Waals surface area contributed by atoms with Gasteiger partial charge in [-0.3, -0.25) is 9.59 Å². The summed E-state index contributed by atoms with van der Waals surface area (Å²) in [5, 5.41) is 32.2. The molecule has 4 heterocycles. The lowest BCUT2D eigenvalue weighted by Gasteiger charge is -2.49. The third-order valence-corrected chi connectivity index (χ3v) is 10.4. The number of aromatic nitrogens is 6. The normalized spacial score (nSPS) is 18.2. The van der Waals surface area contributed by atoms with E-state index in [0.29, 0.717) is 25.0 Å². The fourth-order valence-corrected chi connectivity index (χ4v) is 8.85. The van der Waals surface area contributed by atoms with Gasteiger partial charge < -0.3 is 50.8 Å². The van der Waals surface area contributed by atoms with Crippen LogP contribution in [-0.4, -0.2) is 126 Å². The van der Waals surface area contributed by atoms with Crippen molar-refractivity contribution in [3.05, 3.63) is 25.3 Å². The molecule has 0 spiro atoms. The van der Waals surface area contributed by atoms with E-state index >= 15 is 0 Å². The van der Waals surface area contributed by atoms with Crippen molar-refractivity contribution in [2.24, 2.45) is 0 Å². The summed E-state index contributed by atoms with van der Waals surface area (Å²) in [7, 11) is 0. The molecule has 2 aliphatic rings. The molecule has 0 saturated carbocycles. The summed E-state index contributed by atoms with van der Waals surface area (Å²) in [6, 6.07) is 0.520. The molecule has 2 saturated heterocycles. The first-order valence-corrected chi connectivity index (χ1v) is 21.2. The molecule has 2 aromatic heterocycles. The Morgan fingerprint density at radius 3 is 1.30 bits per heavy atom. The average molecular weight is 839 g/mol. The molecule has 60 heavy (non-hydrogen) atoms. The largest absolute Gasteiger partial charge is 0.481 e. The van der Waals surface area contributed by atoms with Crippen LogP contribution in [-0.2, 0) is 9.59 Å². The predicted molar refractivity (Wildman–Crippen MR) is 234 cm³/mol. The molecule has 0 radical (unpaired) electrons. The van der Waals surface area contributed by atoms with Crippen molar-refractivity contribution in [3.63, 3.8) is 0 Å². The number of unbranched alkanes of at least 4 members (excludes halogenated alkanes) is 3. The summed E-state index contributed by atoms with van der Waals surface area (Å²) in [4.78, 5) is 55.1. The van der Waals surface area contributed by atoms with E-state index in [9.17, 15) is 19.8 Å². The van der Waals surface area contributed by atoms with Gasteiger partial charge in [-0.15, -0.1) is 0 Å². The molecule has 0 atom stereocenters. The second-order valence-electron chi connectivity index (χ2n) is 18.5. The van der Waals surface area contributed by atoms with Gasteiger partial charge >= 0.3 is 24.0 Å². The highest BCUT2D eigenvalue weighted by molar-refractivity contribution is 5.67. The molecule has 0 unspecified atom stereocenters. The van der Waals surface area contributed by atoms with Crippen molar-refractivity contribution >= 4 is 35.7 Å². The molecule has 18 heteroatoms. The van der Waals surface area contributed by atoms with Crippen LogP contribution in [0, 0.1) is 0 Å². The van der Waals surface area contributed by atoms with E-state index in [1.807, 2.05) is 0 Å². The number of carbonyl (C=O) groups is 2. The number of nitrogens with zero attached hydrogens (tertiary/aromatic N) is 8. The molecule has 2 aromatic rings. The van der Waals surface area contributed by atoms with E-state index < -0.39 is 11.9 Å². The van der Waals surface area contributed by atoms with Gasteiger partial charge in [0, 0.05) is 60.4 Å². The second kappa shape index (κ2) is 21.1. The number of anilines is 4. The second-order valence-corrected chi connectivity index (χ2v) is 18.5. The Morgan fingerprint density at radius 1 is 0.633 bits per heavy atom. The highest BCUT2D eigenvalue weighted by atomic mass is 16.5. The maximum Gasteiger partial charge on any atom is 0.323 e. The van der Waals surface area contributed by atoms with E-state index in [-0.39, 0.29) is 97.3 Å². The summed E-state index contributed by atoms with van der Waals surface area (Å²) in [6.45, 7) is 27.4. The Bertz CT molecular complexity index is 1600. The maximum absolute atomic E-state index is 11.3. The number of piperidine rings is 2. The summed E-state index contributed by atoms with van der Waals surface area (Å²) in [5.41, 5.74) is -0.552. The van der Waals surface area contributed by atoms with Crippen molar-refractivity contribution in [3.8, 4) is 12.0 Å². The van der Waals surface area contributed by atoms with E-state index in [1.165, 1.54) is 0 Å². The molecule has 6 N–H and O–H groups in total. The standard InChI is InChI=1S/C42H70N12O6/c1-11-23-59-37-47-33(43-19-17-31(55)56)45-35(49-37)53(29-25-39(3,4)51-40(5,6)26-29)21-15-13-14-16-22-54(30-27-41(7,8)52-42(9,10)28-30)36-46-34(44-20-18-32(57)58)48-38(50-36)60-24-12-2/h11-12,29-30,51-52H,1-2,13-28H2,3-10H3,(H,55,56)(H,57,58)(H,43,45,47,49)(H,44,46,48,50). The summed E-state index contributed by atoms with van der Waals surface area (Å²) in [5.74, 6) is -0.341. The zero-order valence-corrected chi connectivity index (χ0v) is 37.1. The van der Waals surface area contributed by atoms with Gasteiger partial charge in [0.2, 0.25) is 23.8 Å². The zero-order chi connectivity index (χ0) is 44.1. The van der Waals surface area contributed by atoms with E-state index in [1.54, 1.807) is 12.2 Å². The lowest BCUT2D eigenvalue weighted by molar-refractivity contribution is -0.137. The lowest BCUT2D eigenvalue weighted by atomic mass is 9.79. The SMILES string of the molecule is C=CCOc1nc(NCCC(=O)O)nc(N(CCCCCCN(c2nc(NCCC(=O)O)nc(OCC=C)n2)C2CC(C)(C)NC(C)(C)C2)C2CC(C)(C)NC(C)(C)C2)n1. The van der Waals surface area contributed by atoms with Crippen molar-refractivity contribution in [1.82, 2.24) is 40.5 Å². The number of aliphatic carboxylic acids is 2. The Morgan fingerprint density at radius 2 is 0.983 bits per heavy atom. The van der Waals surface area contributed by atoms with E-state index in [4.69, 9.17) is 29.4 Å². The molecule has 0 bridgehead atoms. The Balaban J connectivity index is 1.56. The number of nitrogens with one attached hydrogen (secondary N) is 4. The smallest absolute Gasteiger partial charge is 0.323 e. The maximum atomic E-state index is 11.3. The highest BCUT2D eigenvalue weighted by Gasteiger charge is 2.42. The minimum absolute atomic E-state index is 0.0861. The van der Waals surface area contributed by atoms with Gasteiger partial charge in [0.05, 0.1) is 12.8 Å². The minimum Gasteiger partial charge on any atom is -0.481 e. The van der Waals surface area contributed by atoms with Gasteiger partial charge in [-0.25, -0.2) is 0 Å². The lowest BCUT2D eigenvalue weighted by Crippen LogP contribution is -2.62. The number of ether oxygens (including phenoxy) is 2. The average Bonchev–Trinajstić information content (AvgIpc) is 3.11. The van der Waals surface area contributed by atoms with Crippen molar-refractivity contribution in [2.45, 2.75) is 154 Å². The van der Waals surface area contributed by atoms with Crippen LogP contribution in [0.2, 0.25) is 0 Å². The number of rotatable bonds is 25. The molecule has 2 aliphatic heterocycles. The first-order valence-electron chi connectivity index (χ1n) is 21.2. The van der Waals surface area contributed by atoms with Crippen molar-refractivity contribution in [2.75, 3.05) is 59.8 Å². The molecule has 334 valence electrons. The van der Waals surface area contributed by atoms with Crippen LogP contribution in [0.4, 0.5) is 23.8 Å². The highest BCUT2D eigenvalue weighted by Crippen LogP contribution is 2.35. The van der Waals surface area contributed by atoms with Crippen LogP contribution in [0.15, 0.2) is 25.3 Å². The summed E-state index contributed by atoms with van der Waals surface area (Å²) in [6.07, 6.45) is 10.1. The number of hydrogen-bond acceptors (Lipinski definition) is 16. The predicted octanol–water partition coefficient (Wildman–Crippen LogP) is 5.45. The zero-order valence-electron chi connectivity index (χ0n) is 37.1. The molecule has 4 rings (SSSR count). The van der Waals surface area contributed by atoms with Gasteiger partial charge in [0.15, 0.2) is 0 Å². The fourth-order valence-electron chi connectivity index (χ4n) is 8.85. The summed E-state index contributed by atoms with van der Waals surface area (Å²) < 4.78 is 11.6. The first-order chi connectivity index (χ1) is 28.2. The summed E-state index contributed by atoms with van der Waals surface area (Å²) >= 11 is 0. The number of carboxylic acids is 2. The van der Waals surface area contributed by atoms with E-state index in [2.05, 4.69) is 110 Å². The van der Waals surface area contributed by atoms with Gasteiger partial charge in [0.25, 0.3) is 0 Å². The van der Waals surface area contributed by atoms with E-state index in [0.717, 1.165) is 51.4 Å². The van der Waals surface area contributed by atoms with Crippen molar-refractivity contribution in [1.29, 1.82) is 0 Å². The van der Waals surface area contributed by atoms with Crippen LogP contribution >= 0.6 is 0 Å². The topological polar surface area (TPSA) is 225 Å². The third kappa shape index (κ3) is 15.6. The van der Waals surface area contributed by atoms with Crippen LogP contribution in [0.25, 0.3) is 0 Å². The van der Waals surface area contributed by atoms with Crippen LogP contribution in [0.3, 0.4) is 0 Å². The van der Waals surface area contributed by atoms with Gasteiger partial charge in [-0.1, -0.05) is 38.2 Å². The van der Waals surface area contributed by atoms with Gasteiger partial charge in [0.1, 0.15) is 13.2 Å². The third-order valence-electron chi connectivity index (χ3n) is 10.4. The van der Waals surface area contributed by atoms with Crippen LogP contribution in [0.5, 0.6) is 12.0 Å². The fraction of sp³-hybridized carbons (Fsp3) is 0.714. The van der Waals surface area contributed by atoms with Crippen LogP contribution < -0.4 is 40.5 Å². The Labute approximate surface area is 355 Å². The number of carboxylic acid groups (broad SMARTS) is 2. The first kappa shape index (κ1) is 47.8. The van der Waals surface area contributed by atoms with Crippen molar-refractivity contribution < 1.29 is 29.3 Å². The molecule has 0 aromatic carbocycles. The van der Waals surface area contributed by atoms with Gasteiger partial charge in [-0.05, 0) is 93.9 Å².